The van der Waals surface area contributed by atoms with E-state index < -0.39 is 10.0 Å². The normalized spacial score (nSPS) is 17.6. The fourth-order valence-electron chi connectivity index (χ4n) is 1.80. The Kier molecular flexibility index (Phi) is 2.90. The molecule has 3 N–H and O–H groups in total. The first-order valence-corrected chi connectivity index (χ1v) is 6.71. The van der Waals surface area contributed by atoms with E-state index in [9.17, 15) is 8.42 Å². The van der Waals surface area contributed by atoms with Crippen LogP contribution in [0.15, 0.2) is 11.1 Å². The molecule has 1 aliphatic carbocycles. The van der Waals surface area contributed by atoms with Gasteiger partial charge in [0.15, 0.2) is 0 Å². The summed E-state index contributed by atoms with van der Waals surface area (Å²) in [5, 5.41) is 6.06. The molecule has 7 heteroatoms. The van der Waals surface area contributed by atoms with E-state index in [0.29, 0.717) is 12.5 Å². The number of anilines is 1. The summed E-state index contributed by atoms with van der Waals surface area (Å²) in [6.07, 6.45) is 4.68. The maximum atomic E-state index is 12.1. The van der Waals surface area contributed by atoms with Crippen LogP contribution in [0.4, 0.5) is 5.82 Å². The van der Waals surface area contributed by atoms with Crippen LogP contribution in [0.1, 0.15) is 19.3 Å². The molecule has 90 valence electrons. The van der Waals surface area contributed by atoms with Gasteiger partial charge in [0.1, 0.15) is 10.7 Å². The number of nitrogens with zero attached hydrogens (tertiary/aromatic N) is 2. The zero-order valence-corrected chi connectivity index (χ0v) is 10.00. The number of hydrogen-bond acceptors (Lipinski definition) is 4. The molecule has 0 amide bonds. The maximum Gasteiger partial charge on any atom is 0.248 e. The second-order valence-electron chi connectivity index (χ2n) is 4.23. The van der Waals surface area contributed by atoms with E-state index in [-0.39, 0.29) is 10.7 Å². The summed E-state index contributed by atoms with van der Waals surface area (Å²) in [6.45, 7) is 0.562. The standard InChI is InChI=1S/C9H16N4O2S/c1-13(6-7-3-2-4-7)16(14,15)8-5-11-12-9(8)10/h5,7H,2-4,6H2,1H3,(H3,10,11,12). The van der Waals surface area contributed by atoms with Gasteiger partial charge >= 0.3 is 0 Å². The number of aromatic amines is 1. The lowest BCUT2D eigenvalue weighted by Crippen LogP contribution is -2.34. The van der Waals surface area contributed by atoms with Crippen LogP contribution in [0.5, 0.6) is 0 Å². The van der Waals surface area contributed by atoms with E-state index in [4.69, 9.17) is 5.73 Å². The van der Waals surface area contributed by atoms with Crippen molar-refractivity contribution in [1.82, 2.24) is 14.5 Å². The van der Waals surface area contributed by atoms with Gasteiger partial charge in [0.25, 0.3) is 0 Å². The Morgan fingerprint density at radius 3 is 2.75 bits per heavy atom. The monoisotopic (exact) mass is 244 g/mol. The van der Waals surface area contributed by atoms with Gasteiger partial charge in [-0.2, -0.15) is 5.10 Å². The van der Waals surface area contributed by atoms with Crippen molar-refractivity contribution in [2.45, 2.75) is 24.2 Å². The van der Waals surface area contributed by atoms with Crippen LogP contribution in [0.3, 0.4) is 0 Å². The SMILES string of the molecule is CN(CC1CCC1)S(=O)(=O)c1cn[nH]c1N. The molecule has 1 aromatic heterocycles. The maximum absolute atomic E-state index is 12.1. The minimum absolute atomic E-state index is 0.0642. The predicted molar refractivity (Wildman–Crippen MR) is 60.2 cm³/mol. The molecule has 1 fully saturated rings. The summed E-state index contributed by atoms with van der Waals surface area (Å²) < 4.78 is 25.5. The van der Waals surface area contributed by atoms with E-state index in [1.54, 1.807) is 7.05 Å². The van der Waals surface area contributed by atoms with Crippen molar-refractivity contribution in [2.75, 3.05) is 19.3 Å². The fraction of sp³-hybridized carbons (Fsp3) is 0.667. The van der Waals surface area contributed by atoms with Crippen molar-refractivity contribution in [3.8, 4) is 0 Å². The average Bonchev–Trinajstić information content (AvgIpc) is 2.58. The summed E-state index contributed by atoms with van der Waals surface area (Å²) in [6, 6.07) is 0. The van der Waals surface area contributed by atoms with Crippen molar-refractivity contribution in [3.63, 3.8) is 0 Å². The Bertz CT molecular complexity index is 464. The highest BCUT2D eigenvalue weighted by Gasteiger charge is 2.28. The van der Waals surface area contributed by atoms with Gasteiger partial charge in [-0.05, 0) is 18.8 Å². The third kappa shape index (κ3) is 1.92. The molecule has 0 bridgehead atoms. The molecule has 1 aromatic rings. The van der Waals surface area contributed by atoms with E-state index in [1.807, 2.05) is 0 Å². The molecule has 0 atom stereocenters. The minimum Gasteiger partial charge on any atom is -0.383 e. The Hall–Kier alpha value is -1.08. The third-order valence-electron chi connectivity index (χ3n) is 3.06. The van der Waals surface area contributed by atoms with Gasteiger partial charge < -0.3 is 5.73 Å². The van der Waals surface area contributed by atoms with Crippen LogP contribution >= 0.6 is 0 Å². The van der Waals surface area contributed by atoms with Crippen molar-refractivity contribution < 1.29 is 8.42 Å². The number of hydrogen-bond donors (Lipinski definition) is 2. The molecule has 16 heavy (non-hydrogen) atoms. The second-order valence-corrected chi connectivity index (χ2v) is 6.24. The summed E-state index contributed by atoms with van der Waals surface area (Å²) in [4.78, 5) is 0.0642. The lowest BCUT2D eigenvalue weighted by Gasteiger charge is -2.29. The lowest BCUT2D eigenvalue weighted by atomic mass is 9.86. The van der Waals surface area contributed by atoms with Gasteiger partial charge in [0, 0.05) is 13.6 Å². The van der Waals surface area contributed by atoms with Crippen molar-refractivity contribution >= 4 is 15.8 Å². The highest BCUT2D eigenvalue weighted by Crippen LogP contribution is 2.29. The summed E-state index contributed by atoms with van der Waals surface area (Å²) in [5.41, 5.74) is 5.52. The van der Waals surface area contributed by atoms with Gasteiger partial charge in [-0.1, -0.05) is 6.42 Å². The van der Waals surface area contributed by atoms with Crippen LogP contribution in [0.25, 0.3) is 0 Å². The molecule has 0 radical (unpaired) electrons. The van der Waals surface area contributed by atoms with Gasteiger partial charge in [-0.3, -0.25) is 5.10 Å². The zero-order valence-electron chi connectivity index (χ0n) is 9.18. The quantitative estimate of drug-likeness (QED) is 0.802. The fourth-order valence-corrected chi connectivity index (χ4v) is 3.05. The number of nitrogen functional groups attached to an aromatic ring is 1. The highest BCUT2D eigenvalue weighted by molar-refractivity contribution is 7.89. The molecule has 0 aromatic carbocycles. The molecule has 0 saturated heterocycles. The van der Waals surface area contributed by atoms with Crippen LogP contribution < -0.4 is 5.73 Å². The minimum atomic E-state index is -3.48. The molecule has 6 nitrogen and oxygen atoms in total. The molecule has 0 aliphatic heterocycles. The number of nitrogens with one attached hydrogen (secondary N) is 1. The molecule has 0 spiro atoms. The Morgan fingerprint density at radius 1 is 1.62 bits per heavy atom. The third-order valence-corrected chi connectivity index (χ3v) is 4.91. The summed E-state index contributed by atoms with van der Waals surface area (Å²) in [5.74, 6) is 0.591. The van der Waals surface area contributed by atoms with Crippen LogP contribution in [0.2, 0.25) is 0 Å². The first-order valence-electron chi connectivity index (χ1n) is 5.27. The van der Waals surface area contributed by atoms with Crippen molar-refractivity contribution in [1.29, 1.82) is 0 Å². The van der Waals surface area contributed by atoms with E-state index >= 15 is 0 Å². The van der Waals surface area contributed by atoms with Crippen LogP contribution in [0, 0.1) is 5.92 Å². The van der Waals surface area contributed by atoms with E-state index in [0.717, 1.165) is 12.8 Å². The van der Waals surface area contributed by atoms with Crippen molar-refractivity contribution in [3.05, 3.63) is 6.20 Å². The zero-order chi connectivity index (χ0) is 11.8. The molecular formula is C9H16N4O2S. The van der Waals surface area contributed by atoms with Gasteiger partial charge in [-0.15, -0.1) is 0 Å². The predicted octanol–water partition coefficient (Wildman–Crippen LogP) is 0.413. The molecule has 1 aliphatic rings. The number of sulfonamides is 1. The summed E-state index contributed by atoms with van der Waals surface area (Å²) in [7, 11) is -1.90. The van der Waals surface area contributed by atoms with Gasteiger partial charge in [-0.25, -0.2) is 12.7 Å². The Morgan fingerprint density at radius 2 is 2.31 bits per heavy atom. The molecule has 2 rings (SSSR count). The topological polar surface area (TPSA) is 92.1 Å². The summed E-state index contributed by atoms with van der Waals surface area (Å²) >= 11 is 0. The van der Waals surface area contributed by atoms with E-state index in [1.165, 1.54) is 16.9 Å². The van der Waals surface area contributed by atoms with E-state index in [2.05, 4.69) is 10.2 Å². The number of aromatic nitrogens is 2. The van der Waals surface area contributed by atoms with Gasteiger partial charge in [0.05, 0.1) is 6.20 Å². The van der Waals surface area contributed by atoms with Crippen molar-refractivity contribution in [2.24, 2.45) is 5.92 Å². The van der Waals surface area contributed by atoms with Crippen LogP contribution in [-0.4, -0.2) is 36.5 Å². The molecular weight excluding hydrogens is 228 g/mol. The molecule has 1 heterocycles. The molecule has 0 unspecified atom stereocenters. The second kappa shape index (κ2) is 4.06. The number of nitrogens with two attached hydrogens (primary N) is 1. The van der Waals surface area contributed by atoms with Crippen LogP contribution in [-0.2, 0) is 10.0 Å². The first-order chi connectivity index (χ1) is 7.51. The van der Waals surface area contributed by atoms with Gasteiger partial charge in [0.2, 0.25) is 10.0 Å². The Labute approximate surface area is 94.9 Å². The lowest BCUT2D eigenvalue weighted by molar-refractivity contribution is 0.263. The first kappa shape index (κ1) is 11.4. The number of rotatable bonds is 4. The largest absolute Gasteiger partial charge is 0.383 e. The average molecular weight is 244 g/mol. The highest BCUT2D eigenvalue weighted by atomic mass is 32.2. The molecule has 1 saturated carbocycles. The Balaban J connectivity index is 2.15. The smallest absolute Gasteiger partial charge is 0.248 e. The number of H-pyrrole nitrogens is 1.